The van der Waals surface area contributed by atoms with Crippen LogP contribution in [0.25, 0.3) is 0 Å². The number of likely N-dealkylation sites (N-methyl/N-ethyl adjacent to an activating group) is 1. The molecule has 1 saturated carbocycles. The van der Waals surface area contributed by atoms with Crippen LogP contribution in [0.1, 0.15) is 57.4 Å². The fraction of sp³-hybridized carbons (Fsp3) is 0.684. The molecule has 1 fully saturated rings. The predicted octanol–water partition coefficient (Wildman–Crippen LogP) is 5.42. The number of benzene rings is 1. The van der Waals surface area contributed by atoms with E-state index in [9.17, 15) is 0 Å². The van der Waals surface area contributed by atoms with Crippen molar-refractivity contribution in [3.63, 3.8) is 0 Å². The van der Waals surface area contributed by atoms with E-state index in [1.54, 1.807) is 0 Å². The van der Waals surface area contributed by atoms with Crippen molar-refractivity contribution < 1.29 is 0 Å². The predicted molar refractivity (Wildman–Crippen MR) is 101 cm³/mol. The van der Waals surface area contributed by atoms with Gasteiger partial charge in [0.1, 0.15) is 0 Å². The molecule has 118 valence electrons. The van der Waals surface area contributed by atoms with Crippen LogP contribution < -0.4 is 5.32 Å². The minimum absolute atomic E-state index is 0.650. The van der Waals surface area contributed by atoms with Crippen LogP contribution in [0.2, 0.25) is 0 Å². The van der Waals surface area contributed by atoms with Crippen molar-refractivity contribution in [2.24, 2.45) is 11.8 Å². The molecule has 1 aromatic rings. The van der Waals surface area contributed by atoms with E-state index in [-0.39, 0.29) is 0 Å². The Morgan fingerprint density at radius 1 is 1.14 bits per heavy atom. The standard InChI is InChI=1S/C19H30IN/c1-3-4-5-15-6-10-17(11-7-15)19(21-2)14-16-8-12-18(20)13-9-16/h8-9,12-13,15,17,19,21H,3-7,10-11,14H2,1-2H3. The monoisotopic (exact) mass is 399 g/mol. The summed E-state index contributed by atoms with van der Waals surface area (Å²) in [5.41, 5.74) is 1.47. The highest BCUT2D eigenvalue weighted by Gasteiger charge is 2.26. The Bertz CT molecular complexity index is 393. The second kappa shape index (κ2) is 9.14. The molecular weight excluding hydrogens is 369 g/mol. The number of hydrogen-bond donors (Lipinski definition) is 1. The molecule has 0 amide bonds. The maximum Gasteiger partial charge on any atom is 0.0133 e. The van der Waals surface area contributed by atoms with Gasteiger partial charge in [-0.25, -0.2) is 0 Å². The molecule has 2 heteroatoms. The van der Waals surface area contributed by atoms with Crippen molar-refractivity contribution in [1.29, 1.82) is 0 Å². The molecule has 0 aromatic heterocycles. The number of rotatable bonds is 7. The van der Waals surface area contributed by atoms with E-state index in [0.29, 0.717) is 6.04 Å². The van der Waals surface area contributed by atoms with Gasteiger partial charge in [0.2, 0.25) is 0 Å². The fourth-order valence-corrected chi connectivity index (χ4v) is 4.11. The van der Waals surface area contributed by atoms with Gasteiger partial charge < -0.3 is 5.32 Å². The summed E-state index contributed by atoms with van der Waals surface area (Å²) in [6.45, 7) is 2.31. The summed E-state index contributed by atoms with van der Waals surface area (Å²) in [6, 6.07) is 9.68. The van der Waals surface area contributed by atoms with Crippen molar-refractivity contribution in [3.05, 3.63) is 33.4 Å². The molecule has 1 nitrogen and oxygen atoms in total. The van der Waals surface area contributed by atoms with Crippen LogP contribution in [0.5, 0.6) is 0 Å². The molecular formula is C19H30IN. The molecule has 1 aliphatic rings. The van der Waals surface area contributed by atoms with Gasteiger partial charge in [0.25, 0.3) is 0 Å². The Labute approximate surface area is 144 Å². The highest BCUT2D eigenvalue weighted by atomic mass is 127. The van der Waals surface area contributed by atoms with Gasteiger partial charge in [-0.05, 0) is 78.4 Å². The number of nitrogens with one attached hydrogen (secondary N) is 1. The van der Waals surface area contributed by atoms with Crippen molar-refractivity contribution in [2.75, 3.05) is 7.05 Å². The van der Waals surface area contributed by atoms with Crippen LogP contribution in [-0.2, 0) is 6.42 Å². The largest absolute Gasteiger partial charge is 0.316 e. The normalized spacial score (nSPS) is 24.0. The van der Waals surface area contributed by atoms with Gasteiger partial charge in [-0.1, -0.05) is 51.2 Å². The third-order valence-electron chi connectivity index (χ3n) is 5.17. The van der Waals surface area contributed by atoms with E-state index in [1.807, 2.05) is 0 Å². The van der Waals surface area contributed by atoms with Crippen molar-refractivity contribution in [1.82, 2.24) is 5.32 Å². The highest BCUT2D eigenvalue weighted by molar-refractivity contribution is 14.1. The van der Waals surface area contributed by atoms with Crippen LogP contribution in [-0.4, -0.2) is 13.1 Å². The average Bonchev–Trinajstić information content (AvgIpc) is 2.53. The Morgan fingerprint density at radius 2 is 1.81 bits per heavy atom. The molecule has 0 saturated heterocycles. The van der Waals surface area contributed by atoms with Gasteiger partial charge in [0.15, 0.2) is 0 Å². The summed E-state index contributed by atoms with van der Waals surface area (Å²) in [7, 11) is 2.14. The quantitative estimate of drug-likeness (QED) is 0.604. The van der Waals surface area contributed by atoms with Crippen LogP contribution in [0.3, 0.4) is 0 Å². The smallest absolute Gasteiger partial charge is 0.0133 e. The van der Waals surface area contributed by atoms with Crippen molar-refractivity contribution in [3.8, 4) is 0 Å². The van der Waals surface area contributed by atoms with Crippen LogP contribution >= 0.6 is 22.6 Å². The summed E-state index contributed by atoms with van der Waals surface area (Å²) < 4.78 is 1.33. The lowest BCUT2D eigenvalue weighted by molar-refractivity contribution is 0.216. The molecule has 1 N–H and O–H groups in total. The van der Waals surface area contributed by atoms with Gasteiger partial charge in [-0.3, -0.25) is 0 Å². The molecule has 0 radical (unpaired) electrons. The van der Waals surface area contributed by atoms with Crippen LogP contribution in [0.4, 0.5) is 0 Å². The molecule has 1 unspecified atom stereocenters. The SMILES string of the molecule is CCCCC1CCC(C(Cc2ccc(I)cc2)NC)CC1. The van der Waals surface area contributed by atoms with E-state index in [1.165, 1.54) is 60.5 Å². The summed E-state index contributed by atoms with van der Waals surface area (Å²) in [6.07, 6.45) is 11.2. The Hall–Kier alpha value is -0.0900. The Kier molecular flexibility index (Phi) is 7.51. The molecule has 0 heterocycles. The third-order valence-corrected chi connectivity index (χ3v) is 5.89. The molecule has 1 aliphatic carbocycles. The lowest BCUT2D eigenvalue weighted by Crippen LogP contribution is -2.37. The second-order valence-corrected chi connectivity index (χ2v) is 7.89. The first-order chi connectivity index (χ1) is 10.2. The second-order valence-electron chi connectivity index (χ2n) is 6.65. The van der Waals surface area contributed by atoms with Crippen molar-refractivity contribution >= 4 is 22.6 Å². The summed E-state index contributed by atoms with van der Waals surface area (Å²) in [5.74, 6) is 1.88. The number of halogens is 1. The zero-order valence-electron chi connectivity index (χ0n) is 13.6. The lowest BCUT2D eigenvalue weighted by atomic mass is 9.75. The maximum absolute atomic E-state index is 3.59. The van der Waals surface area contributed by atoms with Gasteiger partial charge in [-0.2, -0.15) is 0 Å². The van der Waals surface area contributed by atoms with Gasteiger partial charge in [-0.15, -0.1) is 0 Å². The van der Waals surface area contributed by atoms with E-state index in [4.69, 9.17) is 0 Å². The summed E-state index contributed by atoms with van der Waals surface area (Å²) in [5, 5.41) is 3.59. The fourth-order valence-electron chi connectivity index (χ4n) is 3.75. The van der Waals surface area contributed by atoms with Crippen LogP contribution in [0, 0.1) is 15.4 Å². The molecule has 2 rings (SSSR count). The van der Waals surface area contributed by atoms with Gasteiger partial charge >= 0.3 is 0 Å². The molecule has 0 bridgehead atoms. The molecule has 0 spiro atoms. The third kappa shape index (κ3) is 5.55. The minimum atomic E-state index is 0.650. The highest BCUT2D eigenvalue weighted by Crippen LogP contribution is 2.34. The number of unbranched alkanes of at least 4 members (excludes halogenated alkanes) is 1. The first kappa shape index (κ1) is 17.3. The molecule has 1 atom stereocenters. The summed E-state index contributed by atoms with van der Waals surface area (Å²) in [4.78, 5) is 0. The zero-order chi connectivity index (χ0) is 15.1. The lowest BCUT2D eigenvalue weighted by Gasteiger charge is -2.34. The molecule has 0 aliphatic heterocycles. The van der Waals surface area contributed by atoms with Crippen LogP contribution in [0.15, 0.2) is 24.3 Å². The Morgan fingerprint density at radius 3 is 2.38 bits per heavy atom. The van der Waals surface area contributed by atoms with Crippen molar-refractivity contribution in [2.45, 2.75) is 64.3 Å². The molecule has 21 heavy (non-hydrogen) atoms. The topological polar surface area (TPSA) is 12.0 Å². The van der Waals surface area contributed by atoms with E-state index < -0.39 is 0 Å². The number of hydrogen-bond acceptors (Lipinski definition) is 1. The molecule has 1 aromatic carbocycles. The Balaban J connectivity index is 1.83. The van der Waals surface area contributed by atoms with Gasteiger partial charge in [0, 0.05) is 9.61 Å². The first-order valence-corrected chi connectivity index (χ1v) is 9.72. The van der Waals surface area contributed by atoms with E-state index in [2.05, 4.69) is 66.1 Å². The average molecular weight is 399 g/mol. The summed E-state index contributed by atoms with van der Waals surface area (Å²) >= 11 is 2.38. The van der Waals surface area contributed by atoms with E-state index in [0.717, 1.165) is 11.8 Å². The van der Waals surface area contributed by atoms with Gasteiger partial charge in [0.05, 0.1) is 0 Å². The van der Waals surface area contributed by atoms with E-state index >= 15 is 0 Å². The maximum atomic E-state index is 3.59. The zero-order valence-corrected chi connectivity index (χ0v) is 15.7. The minimum Gasteiger partial charge on any atom is -0.316 e. The first-order valence-electron chi connectivity index (χ1n) is 8.64.